The Morgan fingerprint density at radius 3 is 2.38 bits per heavy atom. The molecule has 0 aromatic heterocycles. The molecule has 2 heterocycles. The van der Waals surface area contributed by atoms with Crippen LogP contribution in [0, 0.1) is 34.6 Å². The van der Waals surface area contributed by atoms with Gasteiger partial charge < -0.3 is 4.74 Å². The zero-order valence-corrected chi connectivity index (χ0v) is 19.1. The summed E-state index contributed by atoms with van der Waals surface area (Å²) in [6, 6.07) is 12.1. The molecule has 2 aromatic rings. The van der Waals surface area contributed by atoms with Gasteiger partial charge in [-0.15, -0.1) is 0 Å². The van der Waals surface area contributed by atoms with E-state index in [2.05, 4.69) is 76.8 Å². The first kappa shape index (κ1) is 20.6. The number of nitrogens with zero attached hydrogens (tertiary/aromatic N) is 1. The van der Waals surface area contributed by atoms with Crippen molar-refractivity contribution in [2.75, 3.05) is 19.7 Å². The molecule has 2 saturated heterocycles. The Morgan fingerprint density at radius 2 is 1.66 bits per heavy atom. The summed E-state index contributed by atoms with van der Waals surface area (Å²) in [6.07, 6.45) is 3.59. The predicted octanol–water partition coefficient (Wildman–Crippen LogP) is 6.33. The molecule has 2 aliphatic heterocycles. The number of piperidine rings is 1. The van der Waals surface area contributed by atoms with Gasteiger partial charge in [-0.2, -0.15) is 0 Å². The molecule has 0 saturated carbocycles. The molecule has 156 valence electrons. The van der Waals surface area contributed by atoms with E-state index in [1.165, 1.54) is 58.3 Å². The van der Waals surface area contributed by atoms with Gasteiger partial charge in [-0.3, -0.25) is 4.90 Å². The second kappa shape index (κ2) is 7.89. The average molecular weight is 392 g/mol. The van der Waals surface area contributed by atoms with Crippen LogP contribution in [0.1, 0.15) is 77.1 Å². The Kier molecular flexibility index (Phi) is 5.61. The average Bonchev–Trinajstić information content (AvgIpc) is 3.06. The Labute approximate surface area is 177 Å². The van der Waals surface area contributed by atoms with Crippen molar-refractivity contribution in [2.45, 2.75) is 78.4 Å². The molecule has 2 fully saturated rings. The van der Waals surface area contributed by atoms with Crippen molar-refractivity contribution < 1.29 is 4.74 Å². The molecule has 2 nitrogen and oxygen atoms in total. The second-order valence-corrected chi connectivity index (χ2v) is 9.86. The third kappa shape index (κ3) is 4.15. The fourth-order valence-electron chi connectivity index (χ4n) is 5.75. The monoisotopic (exact) mass is 391 g/mol. The van der Waals surface area contributed by atoms with E-state index in [9.17, 15) is 0 Å². The minimum absolute atomic E-state index is 0.0279. The maximum Gasteiger partial charge on any atom is 0.0816 e. The van der Waals surface area contributed by atoms with Crippen LogP contribution in [0.3, 0.4) is 0 Å². The molecule has 0 N–H and O–H groups in total. The lowest BCUT2D eigenvalue weighted by molar-refractivity contribution is -0.0605. The first-order valence-corrected chi connectivity index (χ1v) is 11.3. The quantitative estimate of drug-likeness (QED) is 0.606. The van der Waals surface area contributed by atoms with Crippen LogP contribution >= 0.6 is 0 Å². The van der Waals surface area contributed by atoms with Crippen LogP contribution in [0.5, 0.6) is 0 Å². The number of hydrogen-bond acceptors (Lipinski definition) is 2. The maximum absolute atomic E-state index is 6.61. The second-order valence-electron chi connectivity index (χ2n) is 9.86. The molecule has 2 aromatic carbocycles. The van der Waals surface area contributed by atoms with Gasteiger partial charge in [0.1, 0.15) is 0 Å². The van der Waals surface area contributed by atoms with Gasteiger partial charge >= 0.3 is 0 Å². The number of hydrogen-bond donors (Lipinski definition) is 0. The minimum atomic E-state index is 0.0279. The molecule has 3 unspecified atom stereocenters. The van der Waals surface area contributed by atoms with Crippen molar-refractivity contribution in [2.24, 2.45) is 0 Å². The topological polar surface area (TPSA) is 12.5 Å². The molecule has 0 bridgehead atoms. The zero-order chi connectivity index (χ0) is 20.8. The van der Waals surface area contributed by atoms with Crippen molar-refractivity contribution >= 4 is 0 Å². The van der Waals surface area contributed by atoms with E-state index >= 15 is 0 Å². The van der Waals surface area contributed by atoms with Gasteiger partial charge in [0.15, 0.2) is 0 Å². The van der Waals surface area contributed by atoms with Gasteiger partial charge in [-0.25, -0.2) is 0 Å². The molecule has 2 aliphatic rings. The highest BCUT2D eigenvalue weighted by atomic mass is 16.5. The van der Waals surface area contributed by atoms with E-state index in [4.69, 9.17) is 4.74 Å². The molecule has 1 spiro atoms. The largest absolute Gasteiger partial charge is 0.373 e. The van der Waals surface area contributed by atoms with Crippen LogP contribution in [-0.4, -0.2) is 30.2 Å². The Hall–Kier alpha value is -1.64. The molecule has 0 amide bonds. The number of ether oxygens (including phenoxy) is 1. The number of benzene rings is 2. The summed E-state index contributed by atoms with van der Waals surface area (Å²) in [5.74, 6) is 0.532. The smallest absolute Gasteiger partial charge is 0.0816 e. The van der Waals surface area contributed by atoms with Crippen molar-refractivity contribution in [1.29, 1.82) is 0 Å². The summed E-state index contributed by atoms with van der Waals surface area (Å²) in [5, 5.41) is 0. The molecule has 0 aliphatic carbocycles. The highest BCUT2D eigenvalue weighted by Crippen LogP contribution is 2.44. The van der Waals surface area contributed by atoms with Crippen LogP contribution in [0.4, 0.5) is 0 Å². The highest BCUT2D eigenvalue weighted by molar-refractivity contribution is 5.40. The molecule has 0 radical (unpaired) electrons. The number of aryl methyl sites for hydroxylation is 4. The zero-order valence-electron chi connectivity index (χ0n) is 19.1. The number of likely N-dealkylation sites (tertiary alicyclic amines) is 1. The van der Waals surface area contributed by atoms with Gasteiger partial charge in [0.05, 0.1) is 12.2 Å². The van der Waals surface area contributed by atoms with Gasteiger partial charge in [0.25, 0.3) is 0 Å². The Balaban J connectivity index is 1.53. The lowest BCUT2D eigenvalue weighted by Gasteiger charge is -2.43. The molecule has 4 rings (SSSR count). The fourth-order valence-corrected chi connectivity index (χ4v) is 5.75. The summed E-state index contributed by atoms with van der Waals surface area (Å²) >= 11 is 0. The first-order chi connectivity index (χ1) is 13.8. The van der Waals surface area contributed by atoms with E-state index in [0.717, 1.165) is 19.6 Å². The van der Waals surface area contributed by atoms with Gasteiger partial charge in [0, 0.05) is 18.5 Å². The van der Waals surface area contributed by atoms with Crippen LogP contribution in [0.15, 0.2) is 30.3 Å². The summed E-state index contributed by atoms with van der Waals surface area (Å²) in [6.45, 7) is 16.6. The van der Waals surface area contributed by atoms with E-state index in [1.54, 1.807) is 0 Å². The Bertz CT molecular complexity index is 881. The van der Waals surface area contributed by atoms with Crippen LogP contribution < -0.4 is 0 Å². The van der Waals surface area contributed by atoms with Crippen LogP contribution in [0.25, 0.3) is 0 Å². The lowest BCUT2D eigenvalue weighted by atomic mass is 9.81. The summed E-state index contributed by atoms with van der Waals surface area (Å²) < 4.78 is 6.61. The third-order valence-electron chi connectivity index (χ3n) is 7.34. The standard InChI is InChI=1S/C27H37NO/c1-18-10-19(2)13-24(12-18)23(6)28-9-7-8-27(17-28)15-25(16-29-27)26-14-20(3)11-21(4)22(26)5/h10-14,23,25H,7-9,15-17H2,1-6H3. The van der Waals surface area contributed by atoms with E-state index in [1.807, 2.05) is 0 Å². The predicted molar refractivity (Wildman–Crippen MR) is 122 cm³/mol. The van der Waals surface area contributed by atoms with E-state index in [-0.39, 0.29) is 5.60 Å². The SMILES string of the molecule is Cc1cc(C)cc(C(C)N2CCCC3(CC(c4cc(C)cc(C)c4C)CO3)C2)c1. The van der Waals surface area contributed by atoms with Gasteiger partial charge in [0.2, 0.25) is 0 Å². The van der Waals surface area contributed by atoms with Crippen molar-refractivity contribution in [1.82, 2.24) is 4.90 Å². The summed E-state index contributed by atoms with van der Waals surface area (Å²) in [5.41, 5.74) is 9.95. The first-order valence-electron chi connectivity index (χ1n) is 11.3. The van der Waals surface area contributed by atoms with Crippen LogP contribution in [-0.2, 0) is 4.74 Å². The van der Waals surface area contributed by atoms with E-state index in [0.29, 0.717) is 12.0 Å². The summed E-state index contributed by atoms with van der Waals surface area (Å²) in [7, 11) is 0. The molecule has 2 heteroatoms. The Morgan fingerprint density at radius 1 is 0.966 bits per heavy atom. The minimum Gasteiger partial charge on any atom is -0.373 e. The van der Waals surface area contributed by atoms with E-state index < -0.39 is 0 Å². The fraction of sp³-hybridized carbons (Fsp3) is 0.556. The van der Waals surface area contributed by atoms with Gasteiger partial charge in [-0.1, -0.05) is 47.0 Å². The number of rotatable bonds is 3. The van der Waals surface area contributed by atoms with Crippen molar-refractivity contribution in [3.05, 3.63) is 69.3 Å². The molecule has 29 heavy (non-hydrogen) atoms. The normalized spacial score (nSPS) is 26.2. The molecular weight excluding hydrogens is 354 g/mol. The maximum atomic E-state index is 6.61. The van der Waals surface area contributed by atoms with Crippen LogP contribution in [0.2, 0.25) is 0 Å². The third-order valence-corrected chi connectivity index (χ3v) is 7.34. The van der Waals surface area contributed by atoms with Crippen molar-refractivity contribution in [3.63, 3.8) is 0 Å². The summed E-state index contributed by atoms with van der Waals surface area (Å²) in [4.78, 5) is 2.66. The lowest BCUT2D eigenvalue weighted by Crippen LogP contribution is -2.48. The molecule has 3 atom stereocenters. The highest BCUT2D eigenvalue weighted by Gasteiger charge is 2.45. The molecular formula is C27H37NO. The van der Waals surface area contributed by atoms with Crippen molar-refractivity contribution in [3.8, 4) is 0 Å². The van der Waals surface area contributed by atoms with Gasteiger partial charge in [-0.05, 0) is 89.6 Å².